The van der Waals surface area contributed by atoms with E-state index in [1.165, 1.54) is 90.6 Å². The highest BCUT2D eigenvalue weighted by atomic mass is 15.1. The van der Waals surface area contributed by atoms with Gasteiger partial charge in [0.1, 0.15) is 0 Å². The molecule has 2 heteroatoms. The van der Waals surface area contributed by atoms with Crippen molar-refractivity contribution in [2.24, 2.45) is 0 Å². The summed E-state index contributed by atoms with van der Waals surface area (Å²) in [5.41, 5.74) is 0. The molecule has 0 unspecified atom stereocenters. The van der Waals surface area contributed by atoms with Gasteiger partial charge in [-0.15, -0.1) is 0 Å². The van der Waals surface area contributed by atoms with Crippen molar-refractivity contribution in [3.63, 3.8) is 0 Å². The fourth-order valence-corrected chi connectivity index (χ4v) is 2.94. The van der Waals surface area contributed by atoms with Crippen molar-refractivity contribution in [1.29, 1.82) is 0 Å². The summed E-state index contributed by atoms with van der Waals surface area (Å²) in [4.78, 5) is 5.28. The van der Waals surface area contributed by atoms with Crippen LogP contribution in [0, 0.1) is 25.7 Å². The van der Waals surface area contributed by atoms with Crippen LogP contribution in [0.15, 0.2) is 0 Å². The van der Waals surface area contributed by atoms with Crippen LogP contribution in [0.2, 0.25) is 0 Å². The van der Waals surface area contributed by atoms with E-state index in [0.717, 1.165) is 0 Å². The van der Waals surface area contributed by atoms with E-state index in [1.54, 1.807) is 0 Å². The van der Waals surface area contributed by atoms with Crippen LogP contribution in [0.5, 0.6) is 0 Å². The summed E-state index contributed by atoms with van der Waals surface area (Å²) >= 11 is 0. The topological polar surface area (TPSA) is 6.48 Å². The number of nitrogens with zero attached hydrogens (tertiary/aromatic N) is 2. The number of rotatable bonds is 19. The van der Waals surface area contributed by atoms with Crippen molar-refractivity contribution in [1.82, 2.24) is 9.80 Å². The summed E-state index contributed by atoms with van der Waals surface area (Å²) in [7, 11) is 0. The molecule has 24 heavy (non-hydrogen) atoms. The molecule has 0 atom stereocenters. The highest BCUT2D eigenvalue weighted by molar-refractivity contribution is 4.69. The molecular weight excluding hydrogens is 292 g/mol. The molecule has 0 spiro atoms. The van der Waals surface area contributed by atoms with Crippen molar-refractivity contribution in [3.8, 4) is 0 Å². The molecule has 0 heterocycles. The first-order chi connectivity index (χ1) is 11.8. The van der Waals surface area contributed by atoms with E-state index >= 15 is 0 Å². The molecule has 0 saturated carbocycles. The number of unbranched alkanes of at least 4 members (excludes halogenated alkanes) is 7. The number of hydrogen-bond donors (Lipinski definition) is 0. The molecule has 0 bridgehead atoms. The van der Waals surface area contributed by atoms with Gasteiger partial charge in [0.2, 0.25) is 0 Å². The quantitative estimate of drug-likeness (QED) is 0.283. The fraction of sp³-hybridized carbons (Fsp3) is 0.818. The lowest BCUT2D eigenvalue weighted by molar-refractivity contribution is 0.260. The van der Waals surface area contributed by atoms with Gasteiger partial charge < -0.3 is 9.80 Å². The predicted octanol–water partition coefficient (Wildman–Crippen LogP) is 5.61. The smallest absolute Gasteiger partial charge is 0.00161 e. The van der Waals surface area contributed by atoms with Crippen molar-refractivity contribution in [2.75, 3.05) is 39.3 Å². The second-order valence-corrected chi connectivity index (χ2v) is 6.89. The zero-order chi connectivity index (χ0) is 17.9. The zero-order valence-electron chi connectivity index (χ0n) is 17.1. The highest BCUT2D eigenvalue weighted by Crippen LogP contribution is 2.07. The highest BCUT2D eigenvalue weighted by Gasteiger charge is 2.05. The Morgan fingerprint density at radius 2 is 0.708 bits per heavy atom. The van der Waals surface area contributed by atoms with Crippen LogP contribution in [0.25, 0.3) is 0 Å². The first-order valence-electron chi connectivity index (χ1n) is 10.3. The molecule has 0 aliphatic heterocycles. The molecule has 0 N–H and O–H groups in total. The Labute approximate surface area is 154 Å². The monoisotopic (exact) mass is 336 g/mol. The lowest BCUT2D eigenvalue weighted by Gasteiger charge is -2.23. The Bertz CT molecular complexity index is 190. The van der Waals surface area contributed by atoms with Gasteiger partial charge in [0.15, 0.2) is 0 Å². The van der Waals surface area contributed by atoms with Crippen LogP contribution in [0.3, 0.4) is 0 Å². The summed E-state index contributed by atoms with van der Waals surface area (Å²) in [6.45, 7) is 16.2. The molecule has 0 amide bonds. The largest absolute Gasteiger partial charge is 0.303 e. The first-order valence-corrected chi connectivity index (χ1v) is 10.3. The maximum atomic E-state index is 2.64. The minimum Gasteiger partial charge on any atom is -0.303 e. The standard InChI is InChI=1S/C22H44N2/c1-5-9-17-23(18-10-6-2)21-15-13-14-16-22-24(19-11-7-3)20-12-8-4/h5-8H,9-22H2,1-4H3. The minimum absolute atomic E-state index is 1.22. The predicted molar refractivity (Wildman–Crippen MR) is 110 cm³/mol. The van der Waals surface area contributed by atoms with E-state index in [0.29, 0.717) is 0 Å². The normalized spacial score (nSPS) is 11.8. The van der Waals surface area contributed by atoms with E-state index in [4.69, 9.17) is 0 Å². The second kappa shape index (κ2) is 19.2. The van der Waals surface area contributed by atoms with E-state index in [9.17, 15) is 0 Å². The van der Waals surface area contributed by atoms with Crippen LogP contribution in [0.1, 0.15) is 79.1 Å². The van der Waals surface area contributed by atoms with Gasteiger partial charge in [0.05, 0.1) is 0 Å². The summed E-state index contributed by atoms with van der Waals surface area (Å²) in [5.74, 6) is 0. The summed E-state index contributed by atoms with van der Waals surface area (Å²) in [5, 5.41) is 0. The summed E-state index contributed by atoms with van der Waals surface area (Å²) < 4.78 is 0. The molecule has 0 rings (SSSR count). The third-order valence-electron chi connectivity index (χ3n) is 4.63. The van der Waals surface area contributed by atoms with Gasteiger partial charge in [0.25, 0.3) is 0 Å². The molecule has 0 fully saturated rings. The number of hydrogen-bond acceptors (Lipinski definition) is 2. The van der Waals surface area contributed by atoms with Crippen molar-refractivity contribution < 1.29 is 0 Å². The van der Waals surface area contributed by atoms with Gasteiger partial charge in [-0.2, -0.15) is 0 Å². The van der Waals surface area contributed by atoms with Gasteiger partial charge in [-0.1, -0.05) is 40.5 Å². The molecule has 2 nitrogen and oxygen atoms in total. The van der Waals surface area contributed by atoms with Crippen LogP contribution < -0.4 is 0 Å². The van der Waals surface area contributed by atoms with E-state index in [1.807, 2.05) is 0 Å². The molecular formula is C22H44N2. The Kier molecular flexibility index (Phi) is 19.2. The minimum atomic E-state index is 1.22. The van der Waals surface area contributed by atoms with Crippen molar-refractivity contribution in [3.05, 3.63) is 25.7 Å². The molecule has 0 aromatic rings. The van der Waals surface area contributed by atoms with Gasteiger partial charge in [-0.25, -0.2) is 0 Å². The molecule has 142 valence electrons. The lowest BCUT2D eigenvalue weighted by Crippen LogP contribution is -2.28. The van der Waals surface area contributed by atoms with Crippen LogP contribution in [0.4, 0.5) is 0 Å². The molecule has 0 saturated heterocycles. The Balaban J connectivity index is 3.74. The van der Waals surface area contributed by atoms with Gasteiger partial charge >= 0.3 is 0 Å². The molecule has 4 radical (unpaired) electrons. The first kappa shape index (κ1) is 23.9. The van der Waals surface area contributed by atoms with E-state index in [2.05, 4.69) is 63.2 Å². The molecule has 0 aromatic heterocycles. The zero-order valence-corrected chi connectivity index (χ0v) is 17.1. The molecule has 0 aromatic carbocycles. The third kappa shape index (κ3) is 15.4. The average molecular weight is 337 g/mol. The van der Waals surface area contributed by atoms with Crippen LogP contribution >= 0.6 is 0 Å². The Hall–Kier alpha value is -0.0800. The lowest BCUT2D eigenvalue weighted by atomic mass is 10.1. The summed E-state index contributed by atoms with van der Waals surface area (Å²) in [6.07, 6.45) is 19.5. The van der Waals surface area contributed by atoms with Crippen LogP contribution in [-0.4, -0.2) is 49.1 Å². The third-order valence-corrected chi connectivity index (χ3v) is 4.63. The molecule has 0 aliphatic rings. The maximum Gasteiger partial charge on any atom is -0.00161 e. The van der Waals surface area contributed by atoms with Crippen molar-refractivity contribution in [2.45, 2.75) is 79.1 Å². The fourth-order valence-electron chi connectivity index (χ4n) is 2.94. The van der Waals surface area contributed by atoms with Gasteiger partial charge in [-0.05, 0) is 103 Å². The van der Waals surface area contributed by atoms with E-state index < -0.39 is 0 Å². The Morgan fingerprint density at radius 1 is 0.417 bits per heavy atom. The van der Waals surface area contributed by atoms with E-state index in [-0.39, 0.29) is 0 Å². The van der Waals surface area contributed by atoms with Gasteiger partial charge in [0, 0.05) is 0 Å². The van der Waals surface area contributed by atoms with Crippen molar-refractivity contribution >= 4 is 0 Å². The Morgan fingerprint density at radius 3 is 0.958 bits per heavy atom. The SMILES string of the molecule is C[CH]CCN(CC[CH]C)CCCCCCN(CC[CH]C)CC[CH]C. The van der Waals surface area contributed by atoms with Gasteiger partial charge in [-0.3, -0.25) is 0 Å². The summed E-state index contributed by atoms with van der Waals surface area (Å²) in [6, 6.07) is 0. The average Bonchev–Trinajstić information content (AvgIpc) is 2.61. The maximum absolute atomic E-state index is 2.64. The second-order valence-electron chi connectivity index (χ2n) is 6.89. The molecule has 0 aliphatic carbocycles. The van der Waals surface area contributed by atoms with Crippen LogP contribution in [-0.2, 0) is 0 Å².